The predicted molar refractivity (Wildman–Crippen MR) is 115 cm³/mol. The zero-order valence-electron chi connectivity index (χ0n) is 16.8. The molecule has 3 aromatic rings. The molecule has 1 amide bonds. The second-order valence-corrected chi connectivity index (χ2v) is 7.12. The van der Waals surface area contributed by atoms with Crippen molar-refractivity contribution in [3.63, 3.8) is 0 Å². The number of hydrogen-bond acceptors (Lipinski definition) is 4. The number of aromatic nitrogens is 2. The van der Waals surface area contributed by atoms with Gasteiger partial charge in [-0.1, -0.05) is 29.8 Å². The number of methoxy groups -OCH3 is 1. The van der Waals surface area contributed by atoms with Crippen LogP contribution in [-0.2, 0) is 9.53 Å². The van der Waals surface area contributed by atoms with E-state index in [1.165, 1.54) is 0 Å². The molecule has 0 saturated carbocycles. The van der Waals surface area contributed by atoms with Crippen LogP contribution in [0.3, 0.4) is 0 Å². The van der Waals surface area contributed by atoms with Crippen LogP contribution in [0.25, 0.3) is 16.6 Å². The lowest BCUT2D eigenvalue weighted by Crippen LogP contribution is -2.40. The van der Waals surface area contributed by atoms with Crippen molar-refractivity contribution >= 4 is 28.4 Å². The molecule has 0 radical (unpaired) electrons. The zero-order valence-corrected chi connectivity index (χ0v) is 17.5. The lowest BCUT2D eigenvalue weighted by molar-refractivity contribution is -0.131. The lowest BCUT2D eigenvalue weighted by atomic mass is 10.1. The van der Waals surface area contributed by atoms with Crippen LogP contribution in [0.1, 0.15) is 24.4 Å². The van der Waals surface area contributed by atoms with Crippen LogP contribution in [-0.4, -0.2) is 46.5 Å². The second-order valence-electron chi connectivity index (χ2n) is 6.85. The first-order valence-corrected chi connectivity index (χ1v) is 9.94. The third-order valence-corrected chi connectivity index (χ3v) is 5.13. The average molecular weight is 414 g/mol. The molecule has 1 atom stereocenters. The first kappa shape index (κ1) is 21.0. The molecule has 7 heteroatoms. The van der Waals surface area contributed by atoms with Gasteiger partial charge < -0.3 is 9.64 Å². The van der Waals surface area contributed by atoms with E-state index in [4.69, 9.17) is 21.3 Å². The highest BCUT2D eigenvalue weighted by Gasteiger charge is 2.26. The first-order valence-electron chi connectivity index (χ1n) is 9.41. The smallest absolute Gasteiger partial charge is 0.266 e. The minimum absolute atomic E-state index is 0.156. The van der Waals surface area contributed by atoms with Crippen molar-refractivity contribution in [3.8, 4) is 5.69 Å². The topological polar surface area (TPSA) is 64.4 Å². The average Bonchev–Trinajstić information content (AvgIpc) is 2.74. The van der Waals surface area contributed by atoms with Crippen LogP contribution in [0, 0.1) is 6.92 Å². The standard InChI is InChI=1S/C22H24ClN3O3/c1-15-8-10-17(11-9-15)26-21(16(2)25(12-13-29-3)20(27)14-23)24-19-7-5-4-6-18(19)22(26)28/h4-11,16H,12-14H2,1-3H3. The van der Waals surface area contributed by atoms with Crippen molar-refractivity contribution in [1.29, 1.82) is 0 Å². The molecule has 1 heterocycles. The number of hydrogen-bond donors (Lipinski definition) is 0. The summed E-state index contributed by atoms with van der Waals surface area (Å²) in [4.78, 5) is 32.2. The summed E-state index contributed by atoms with van der Waals surface area (Å²) in [5.41, 5.74) is 2.20. The summed E-state index contributed by atoms with van der Waals surface area (Å²) in [7, 11) is 1.57. The largest absolute Gasteiger partial charge is 0.383 e. The fourth-order valence-corrected chi connectivity index (χ4v) is 3.47. The Hall–Kier alpha value is -2.70. The fraction of sp³-hybridized carbons (Fsp3) is 0.318. The van der Waals surface area contributed by atoms with Gasteiger partial charge in [0, 0.05) is 13.7 Å². The lowest BCUT2D eigenvalue weighted by Gasteiger charge is -2.30. The van der Waals surface area contributed by atoms with Gasteiger partial charge in [-0.05, 0) is 38.1 Å². The summed E-state index contributed by atoms with van der Waals surface area (Å²) in [5.74, 6) is 0.0809. The number of fused-ring (bicyclic) bond motifs is 1. The molecular weight excluding hydrogens is 390 g/mol. The van der Waals surface area contributed by atoms with E-state index in [0.717, 1.165) is 5.56 Å². The van der Waals surface area contributed by atoms with Crippen LogP contribution < -0.4 is 5.56 Å². The Kier molecular flexibility index (Phi) is 6.67. The van der Waals surface area contributed by atoms with Gasteiger partial charge in [0.15, 0.2) is 0 Å². The number of aryl methyl sites for hydroxylation is 1. The maximum absolute atomic E-state index is 13.4. The molecule has 2 aromatic carbocycles. The minimum atomic E-state index is -0.477. The zero-order chi connectivity index (χ0) is 21.0. The van der Waals surface area contributed by atoms with E-state index in [1.54, 1.807) is 28.7 Å². The maximum Gasteiger partial charge on any atom is 0.266 e. The van der Waals surface area contributed by atoms with Crippen LogP contribution in [0.5, 0.6) is 0 Å². The van der Waals surface area contributed by atoms with Gasteiger partial charge >= 0.3 is 0 Å². The van der Waals surface area contributed by atoms with Crippen LogP contribution >= 0.6 is 11.6 Å². The van der Waals surface area contributed by atoms with Crippen molar-refractivity contribution in [3.05, 3.63) is 70.3 Å². The van der Waals surface area contributed by atoms with E-state index in [0.29, 0.717) is 35.6 Å². The highest BCUT2D eigenvalue weighted by molar-refractivity contribution is 6.27. The molecule has 0 aliphatic carbocycles. The molecular formula is C22H24ClN3O3. The van der Waals surface area contributed by atoms with Gasteiger partial charge in [-0.25, -0.2) is 4.98 Å². The Balaban J connectivity index is 2.24. The Labute approximate surface area is 174 Å². The third-order valence-electron chi connectivity index (χ3n) is 4.91. The Morgan fingerprint density at radius 3 is 2.55 bits per heavy atom. The maximum atomic E-state index is 13.4. The predicted octanol–water partition coefficient (Wildman–Crippen LogP) is 3.47. The van der Waals surface area contributed by atoms with Gasteiger partial charge in [0.05, 0.1) is 29.2 Å². The van der Waals surface area contributed by atoms with E-state index in [9.17, 15) is 9.59 Å². The molecule has 3 rings (SSSR count). The van der Waals surface area contributed by atoms with Crippen molar-refractivity contribution in [2.75, 3.05) is 26.1 Å². The summed E-state index contributed by atoms with van der Waals surface area (Å²) in [6.07, 6.45) is 0. The number of carbonyl (C=O) groups excluding carboxylic acids is 1. The summed E-state index contributed by atoms with van der Waals surface area (Å²) < 4.78 is 6.73. The number of alkyl halides is 1. The van der Waals surface area contributed by atoms with Crippen LogP contribution in [0.15, 0.2) is 53.3 Å². The normalized spacial score (nSPS) is 12.1. The number of para-hydroxylation sites is 1. The van der Waals surface area contributed by atoms with Gasteiger partial charge in [0.25, 0.3) is 5.56 Å². The van der Waals surface area contributed by atoms with Gasteiger partial charge in [-0.3, -0.25) is 14.2 Å². The van der Waals surface area contributed by atoms with E-state index >= 15 is 0 Å². The Bertz CT molecular complexity index is 1060. The van der Waals surface area contributed by atoms with Gasteiger partial charge in [-0.15, -0.1) is 11.6 Å². The second kappa shape index (κ2) is 9.20. The number of carbonyl (C=O) groups is 1. The molecule has 1 unspecified atom stereocenters. The SMILES string of the molecule is COCCN(C(=O)CCl)C(C)c1nc2ccccc2c(=O)n1-c1ccc(C)cc1. The molecule has 0 N–H and O–H groups in total. The molecule has 0 fully saturated rings. The van der Waals surface area contributed by atoms with Crippen LogP contribution in [0.2, 0.25) is 0 Å². The molecule has 0 aliphatic heterocycles. The molecule has 0 spiro atoms. The minimum Gasteiger partial charge on any atom is -0.383 e. The number of benzene rings is 2. The fourth-order valence-electron chi connectivity index (χ4n) is 3.31. The van der Waals surface area contributed by atoms with Gasteiger partial charge in [-0.2, -0.15) is 0 Å². The van der Waals surface area contributed by atoms with Gasteiger partial charge in [0.1, 0.15) is 11.7 Å². The molecule has 0 aliphatic rings. The quantitative estimate of drug-likeness (QED) is 0.556. The number of nitrogens with zero attached hydrogens (tertiary/aromatic N) is 3. The first-order chi connectivity index (χ1) is 14.0. The van der Waals surface area contributed by atoms with Gasteiger partial charge in [0.2, 0.25) is 5.91 Å². The number of halogens is 1. The molecule has 6 nitrogen and oxygen atoms in total. The number of ether oxygens (including phenoxy) is 1. The van der Waals surface area contributed by atoms with Crippen LogP contribution in [0.4, 0.5) is 0 Å². The highest BCUT2D eigenvalue weighted by atomic mass is 35.5. The Morgan fingerprint density at radius 2 is 1.90 bits per heavy atom. The molecule has 0 saturated heterocycles. The summed E-state index contributed by atoms with van der Waals surface area (Å²) >= 11 is 5.84. The van der Waals surface area contributed by atoms with E-state index in [2.05, 4.69) is 0 Å². The molecule has 0 bridgehead atoms. The molecule has 29 heavy (non-hydrogen) atoms. The summed E-state index contributed by atoms with van der Waals surface area (Å²) in [6, 6.07) is 14.4. The van der Waals surface area contributed by atoms with Crippen molar-refractivity contribution in [1.82, 2.24) is 14.5 Å². The van der Waals surface area contributed by atoms with Crippen molar-refractivity contribution in [2.45, 2.75) is 19.9 Å². The summed E-state index contributed by atoms with van der Waals surface area (Å²) in [5, 5.41) is 0.524. The Morgan fingerprint density at radius 1 is 1.21 bits per heavy atom. The highest BCUT2D eigenvalue weighted by Crippen LogP contribution is 2.23. The molecule has 152 valence electrons. The summed E-state index contributed by atoms with van der Waals surface area (Å²) in [6.45, 7) is 4.54. The molecule has 1 aromatic heterocycles. The van der Waals surface area contributed by atoms with Crippen molar-refractivity contribution < 1.29 is 9.53 Å². The number of amides is 1. The van der Waals surface area contributed by atoms with E-state index in [-0.39, 0.29) is 17.3 Å². The third kappa shape index (κ3) is 4.33. The van der Waals surface area contributed by atoms with E-state index < -0.39 is 6.04 Å². The van der Waals surface area contributed by atoms with Crippen molar-refractivity contribution in [2.24, 2.45) is 0 Å². The monoisotopic (exact) mass is 413 g/mol. The number of rotatable bonds is 7. The van der Waals surface area contributed by atoms with E-state index in [1.807, 2.05) is 50.2 Å².